The molecule has 0 aromatic rings. The van der Waals surface area contributed by atoms with E-state index in [0.717, 1.165) is 12.8 Å². The highest BCUT2D eigenvalue weighted by atomic mass is 32.2. The highest BCUT2D eigenvalue weighted by molar-refractivity contribution is 8.01. The number of carboxylic acid groups (broad SMARTS) is 1. The Labute approximate surface area is 116 Å². The quantitative estimate of drug-likeness (QED) is 0.656. The van der Waals surface area contributed by atoms with E-state index < -0.39 is 5.97 Å². The average molecular weight is 272 g/mol. The fourth-order valence-electron chi connectivity index (χ4n) is 2.17. The van der Waals surface area contributed by atoms with Crippen molar-refractivity contribution >= 4 is 17.7 Å². The summed E-state index contributed by atoms with van der Waals surface area (Å²) in [5.41, 5.74) is 0.181. The molecule has 0 saturated carbocycles. The number of rotatable bonds is 8. The van der Waals surface area contributed by atoms with Crippen molar-refractivity contribution in [2.45, 2.75) is 59.1 Å². The SMILES string of the molecule is CC/C=C\C(C)C(C)(C)CC(C)(C)SCC(=O)O. The van der Waals surface area contributed by atoms with Gasteiger partial charge in [0.2, 0.25) is 0 Å². The zero-order chi connectivity index (χ0) is 14.4. The molecule has 0 aliphatic heterocycles. The predicted octanol–water partition coefficient (Wildman–Crippen LogP) is 4.60. The number of thioether (sulfide) groups is 1. The van der Waals surface area contributed by atoms with E-state index in [1.165, 1.54) is 11.8 Å². The largest absolute Gasteiger partial charge is 0.481 e. The Morgan fingerprint density at radius 1 is 1.33 bits per heavy atom. The molecule has 0 fully saturated rings. The van der Waals surface area contributed by atoms with Crippen LogP contribution in [0.1, 0.15) is 54.4 Å². The van der Waals surface area contributed by atoms with Gasteiger partial charge in [-0.25, -0.2) is 0 Å². The fraction of sp³-hybridized carbons (Fsp3) is 0.800. The number of aliphatic carboxylic acids is 1. The van der Waals surface area contributed by atoms with E-state index in [1.807, 2.05) is 0 Å². The minimum Gasteiger partial charge on any atom is -0.481 e. The lowest BCUT2D eigenvalue weighted by Gasteiger charge is -2.37. The average Bonchev–Trinajstić information content (AvgIpc) is 2.21. The second-order valence-corrected chi connectivity index (χ2v) is 7.92. The molecule has 2 nitrogen and oxygen atoms in total. The number of hydrogen-bond acceptors (Lipinski definition) is 2. The smallest absolute Gasteiger partial charge is 0.313 e. The molecular weight excluding hydrogens is 244 g/mol. The molecule has 0 aromatic carbocycles. The lowest BCUT2D eigenvalue weighted by molar-refractivity contribution is -0.133. The summed E-state index contributed by atoms with van der Waals surface area (Å²) < 4.78 is -0.00377. The maximum absolute atomic E-state index is 10.7. The molecule has 0 amide bonds. The molecule has 1 unspecified atom stereocenters. The van der Waals surface area contributed by atoms with Crippen molar-refractivity contribution in [3.63, 3.8) is 0 Å². The summed E-state index contributed by atoms with van der Waals surface area (Å²) in [6, 6.07) is 0. The Morgan fingerprint density at radius 2 is 1.89 bits per heavy atom. The van der Waals surface area contributed by atoms with Crippen molar-refractivity contribution in [1.82, 2.24) is 0 Å². The van der Waals surface area contributed by atoms with Crippen LogP contribution in [0.2, 0.25) is 0 Å². The molecular formula is C15H28O2S. The molecule has 1 N–H and O–H groups in total. The van der Waals surface area contributed by atoms with Crippen molar-refractivity contribution in [3.8, 4) is 0 Å². The summed E-state index contributed by atoms with van der Waals surface area (Å²) in [5, 5.41) is 8.77. The van der Waals surface area contributed by atoms with Gasteiger partial charge in [-0.05, 0) is 24.2 Å². The second kappa shape index (κ2) is 7.22. The second-order valence-electron chi connectivity index (χ2n) is 6.23. The van der Waals surface area contributed by atoms with Gasteiger partial charge in [0.1, 0.15) is 0 Å². The number of carboxylic acids is 1. The van der Waals surface area contributed by atoms with E-state index in [0.29, 0.717) is 5.92 Å². The molecule has 0 heterocycles. The first-order valence-corrected chi connectivity index (χ1v) is 7.61. The van der Waals surface area contributed by atoms with Crippen LogP contribution < -0.4 is 0 Å². The minimum absolute atomic E-state index is 0.00377. The van der Waals surface area contributed by atoms with Gasteiger partial charge >= 0.3 is 5.97 Å². The third kappa shape index (κ3) is 7.10. The van der Waals surface area contributed by atoms with Gasteiger partial charge in [-0.2, -0.15) is 0 Å². The van der Waals surface area contributed by atoms with E-state index in [2.05, 4.69) is 53.7 Å². The van der Waals surface area contributed by atoms with Gasteiger partial charge in [0, 0.05) is 4.75 Å². The van der Waals surface area contributed by atoms with Gasteiger partial charge in [0.25, 0.3) is 0 Å². The lowest BCUT2D eigenvalue weighted by atomic mass is 9.74. The third-order valence-electron chi connectivity index (χ3n) is 3.36. The van der Waals surface area contributed by atoms with E-state index in [9.17, 15) is 4.79 Å². The van der Waals surface area contributed by atoms with Crippen LogP contribution in [0.25, 0.3) is 0 Å². The molecule has 18 heavy (non-hydrogen) atoms. The number of carbonyl (C=O) groups is 1. The Hall–Kier alpha value is -0.440. The minimum atomic E-state index is -0.732. The molecule has 3 heteroatoms. The van der Waals surface area contributed by atoms with Crippen molar-refractivity contribution in [2.75, 3.05) is 5.75 Å². The monoisotopic (exact) mass is 272 g/mol. The van der Waals surface area contributed by atoms with Gasteiger partial charge in [-0.15, -0.1) is 11.8 Å². The first-order valence-electron chi connectivity index (χ1n) is 6.63. The lowest BCUT2D eigenvalue weighted by Crippen LogP contribution is -2.31. The summed E-state index contributed by atoms with van der Waals surface area (Å²) >= 11 is 1.53. The maximum atomic E-state index is 10.7. The standard InChI is InChI=1S/C15H28O2S/c1-7-8-9-12(2)14(3,4)11-15(5,6)18-10-13(16)17/h8-9,12H,7,10-11H2,1-6H3,(H,16,17)/b9-8-. The van der Waals surface area contributed by atoms with Gasteiger partial charge in [0.05, 0.1) is 5.75 Å². The third-order valence-corrected chi connectivity index (χ3v) is 4.68. The number of allylic oxidation sites excluding steroid dienone is 2. The molecule has 106 valence electrons. The molecule has 0 aromatic heterocycles. The Bertz CT molecular complexity index is 293. The molecule has 1 atom stereocenters. The Kier molecular flexibility index (Phi) is 7.05. The van der Waals surface area contributed by atoms with Crippen LogP contribution in [0.4, 0.5) is 0 Å². The van der Waals surface area contributed by atoms with Crippen molar-refractivity contribution in [2.24, 2.45) is 11.3 Å². The molecule has 0 rings (SSSR count). The van der Waals surface area contributed by atoms with Crippen molar-refractivity contribution < 1.29 is 9.90 Å². The topological polar surface area (TPSA) is 37.3 Å². The fourth-order valence-corrected chi connectivity index (χ4v) is 3.16. The summed E-state index contributed by atoms with van der Waals surface area (Å²) in [4.78, 5) is 10.7. The molecule has 0 bridgehead atoms. The summed E-state index contributed by atoms with van der Waals surface area (Å²) in [6.45, 7) is 13.2. The van der Waals surface area contributed by atoms with Gasteiger partial charge in [-0.3, -0.25) is 4.79 Å². The summed E-state index contributed by atoms with van der Waals surface area (Å²) in [7, 11) is 0. The van der Waals surface area contributed by atoms with E-state index in [-0.39, 0.29) is 15.9 Å². The Morgan fingerprint density at radius 3 is 2.33 bits per heavy atom. The highest BCUT2D eigenvalue weighted by Gasteiger charge is 2.32. The molecule has 0 saturated heterocycles. The molecule has 0 aliphatic rings. The van der Waals surface area contributed by atoms with Crippen LogP contribution >= 0.6 is 11.8 Å². The zero-order valence-corrected chi connectivity index (χ0v) is 13.4. The van der Waals surface area contributed by atoms with Gasteiger partial charge < -0.3 is 5.11 Å². The van der Waals surface area contributed by atoms with Crippen LogP contribution in [-0.2, 0) is 4.79 Å². The van der Waals surface area contributed by atoms with Crippen LogP contribution in [0.15, 0.2) is 12.2 Å². The van der Waals surface area contributed by atoms with Crippen LogP contribution in [0, 0.1) is 11.3 Å². The van der Waals surface area contributed by atoms with Crippen LogP contribution in [-0.4, -0.2) is 21.6 Å². The van der Waals surface area contributed by atoms with E-state index in [4.69, 9.17) is 5.11 Å². The van der Waals surface area contributed by atoms with Crippen LogP contribution in [0.3, 0.4) is 0 Å². The first-order chi connectivity index (χ1) is 8.10. The van der Waals surface area contributed by atoms with Gasteiger partial charge in [-0.1, -0.05) is 53.7 Å². The summed E-state index contributed by atoms with van der Waals surface area (Å²) in [6.07, 6.45) is 6.56. The van der Waals surface area contributed by atoms with E-state index in [1.54, 1.807) is 0 Å². The Balaban J connectivity index is 4.53. The first kappa shape index (κ1) is 17.6. The zero-order valence-electron chi connectivity index (χ0n) is 12.6. The summed E-state index contributed by atoms with van der Waals surface area (Å²) in [5.74, 6) is -0.0469. The molecule has 0 spiro atoms. The maximum Gasteiger partial charge on any atom is 0.313 e. The van der Waals surface area contributed by atoms with Gasteiger partial charge in [0.15, 0.2) is 0 Å². The predicted molar refractivity (Wildman–Crippen MR) is 81.2 cm³/mol. The van der Waals surface area contributed by atoms with Crippen molar-refractivity contribution in [3.05, 3.63) is 12.2 Å². The number of hydrogen-bond donors (Lipinski definition) is 1. The van der Waals surface area contributed by atoms with Crippen LogP contribution in [0.5, 0.6) is 0 Å². The molecule has 0 radical (unpaired) electrons. The molecule has 0 aliphatic carbocycles. The van der Waals surface area contributed by atoms with Crippen molar-refractivity contribution in [1.29, 1.82) is 0 Å². The highest BCUT2D eigenvalue weighted by Crippen LogP contribution is 2.41. The van der Waals surface area contributed by atoms with E-state index >= 15 is 0 Å². The normalized spacial score (nSPS) is 15.0.